The van der Waals surface area contributed by atoms with Crippen molar-refractivity contribution in [1.82, 2.24) is 10.3 Å². The van der Waals surface area contributed by atoms with Crippen LogP contribution in [0.3, 0.4) is 0 Å². The standard InChI is InChI=1S/C13H25N3S/c1-3-5-7-15-8-6-13(4-2,11-14)12-16-9-10-17-12/h9-10,15H,3-8,11,14H2,1-2H3. The average Bonchev–Trinajstić information content (AvgIpc) is 2.89. The third-order valence-electron chi connectivity index (χ3n) is 3.44. The second-order valence-corrected chi connectivity index (χ2v) is 5.42. The Morgan fingerprint density at radius 1 is 1.41 bits per heavy atom. The first-order chi connectivity index (χ1) is 8.29. The number of rotatable bonds is 9. The van der Waals surface area contributed by atoms with Gasteiger partial charge in [0.1, 0.15) is 0 Å². The van der Waals surface area contributed by atoms with Gasteiger partial charge in [0, 0.05) is 23.5 Å². The van der Waals surface area contributed by atoms with Gasteiger partial charge in [0.25, 0.3) is 0 Å². The Bertz CT molecular complexity index is 281. The summed E-state index contributed by atoms with van der Waals surface area (Å²) in [4.78, 5) is 4.46. The summed E-state index contributed by atoms with van der Waals surface area (Å²) in [6.45, 7) is 7.25. The van der Waals surface area contributed by atoms with Crippen LogP contribution in [0.25, 0.3) is 0 Å². The Morgan fingerprint density at radius 2 is 2.24 bits per heavy atom. The monoisotopic (exact) mass is 255 g/mol. The molecule has 0 aliphatic carbocycles. The van der Waals surface area contributed by atoms with Crippen molar-refractivity contribution in [1.29, 1.82) is 0 Å². The second-order valence-electron chi connectivity index (χ2n) is 4.53. The molecule has 0 saturated heterocycles. The largest absolute Gasteiger partial charge is 0.329 e. The fourth-order valence-electron chi connectivity index (χ4n) is 2.01. The van der Waals surface area contributed by atoms with E-state index in [0.29, 0.717) is 6.54 Å². The lowest BCUT2D eigenvalue weighted by atomic mass is 9.82. The van der Waals surface area contributed by atoms with E-state index in [0.717, 1.165) is 25.9 Å². The van der Waals surface area contributed by atoms with E-state index in [9.17, 15) is 0 Å². The van der Waals surface area contributed by atoms with E-state index in [2.05, 4.69) is 24.1 Å². The van der Waals surface area contributed by atoms with E-state index in [1.54, 1.807) is 11.3 Å². The number of nitrogens with one attached hydrogen (secondary N) is 1. The molecule has 4 heteroatoms. The van der Waals surface area contributed by atoms with Gasteiger partial charge in [0.05, 0.1) is 5.01 Å². The maximum atomic E-state index is 5.99. The van der Waals surface area contributed by atoms with Gasteiger partial charge in [0.15, 0.2) is 0 Å². The second kappa shape index (κ2) is 7.80. The predicted molar refractivity (Wildman–Crippen MR) is 75.5 cm³/mol. The van der Waals surface area contributed by atoms with Crippen LogP contribution in [0.4, 0.5) is 0 Å². The van der Waals surface area contributed by atoms with Crippen LogP contribution in [0.15, 0.2) is 11.6 Å². The first-order valence-electron chi connectivity index (χ1n) is 6.60. The van der Waals surface area contributed by atoms with Gasteiger partial charge in [-0.3, -0.25) is 0 Å². The SMILES string of the molecule is CCCCNCCC(CC)(CN)c1nccs1. The molecule has 0 aliphatic heterocycles. The summed E-state index contributed by atoms with van der Waals surface area (Å²) in [5.41, 5.74) is 6.07. The molecule has 1 aromatic heterocycles. The van der Waals surface area contributed by atoms with Gasteiger partial charge >= 0.3 is 0 Å². The van der Waals surface area contributed by atoms with E-state index in [-0.39, 0.29) is 5.41 Å². The quantitative estimate of drug-likeness (QED) is 0.667. The zero-order chi connectivity index (χ0) is 12.6. The lowest BCUT2D eigenvalue weighted by Gasteiger charge is -2.29. The van der Waals surface area contributed by atoms with Crippen LogP contribution in [-0.2, 0) is 5.41 Å². The number of hydrogen-bond donors (Lipinski definition) is 2. The molecule has 17 heavy (non-hydrogen) atoms. The maximum Gasteiger partial charge on any atom is 0.0999 e. The molecular weight excluding hydrogens is 230 g/mol. The lowest BCUT2D eigenvalue weighted by Crippen LogP contribution is -2.37. The van der Waals surface area contributed by atoms with E-state index in [1.807, 2.05) is 11.6 Å². The smallest absolute Gasteiger partial charge is 0.0999 e. The van der Waals surface area contributed by atoms with Crippen molar-refractivity contribution in [3.05, 3.63) is 16.6 Å². The molecule has 1 aromatic rings. The highest BCUT2D eigenvalue weighted by Gasteiger charge is 2.30. The van der Waals surface area contributed by atoms with Crippen LogP contribution >= 0.6 is 11.3 Å². The van der Waals surface area contributed by atoms with Crippen LogP contribution in [-0.4, -0.2) is 24.6 Å². The van der Waals surface area contributed by atoms with Crippen molar-refractivity contribution in [2.24, 2.45) is 5.73 Å². The minimum Gasteiger partial charge on any atom is -0.329 e. The van der Waals surface area contributed by atoms with E-state index in [4.69, 9.17) is 5.73 Å². The molecule has 1 heterocycles. The minimum absolute atomic E-state index is 0.0768. The zero-order valence-electron chi connectivity index (χ0n) is 11.0. The molecule has 1 atom stereocenters. The molecule has 0 spiro atoms. The van der Waals surface area contributed by atoms with Gasteiger partial charge in [-0.1, -0.05) is 20.3 Å². The summed E-state index contributed by atoms with van der Waals surface area (Å²) >= 11 is 1.73. The van der Waals surface area contributed by atoms with Crippen molar-refractivity contribution in [3.63, 3.8) is 0 Å². The summed E-state index contributed by atoms with van der Waals surface area (Å²) in [5.74, 6) is 0. The van der Waals surface area contributed by atoms with Crippen LogP contribution in [0.1, 0.15) is 44.5 Å². The first-order valence-corrected chi connectivity index (χ1v) is 7.47. The molecule has 0 aromatic carbocycles. The topological polar surface area (TPSA) is 50.9 Å². The predicted octanol–water partition coefficient (Wildman–Crippen LogP) is 2.53. The lowest BCUT2D eigenvalue weighted by molar-refractivity contribution is 0.377. The van der Waals surface area contributed by atoms with Crippen molar-refractivity contribution >= 4 is 11.3 Å². The summed E-state index contributed by atoms with van der Waals surface area (Å²) in [7, 11) is 0. The summed E-state index contributed by atoms with van der Waals surface area (Å²) < 4.78 is 0. The number of thiazole rings is 1. The van der Waals surface area contributed by atoms with Crippen LogP contribution in [0.2, 0.25) is 0 Å². The molecule has 0 aliphatic rings. The zero-order valence-corrected chi connectivity index (χ0v) is 11.9. The molecule has 0 bridgehead atoms. The molecule has 0 fully saturated rings. The normalized spacial score (nSPS) is 14.8. The number of nitrogens with two attached hydrogens (primary N) is 1. The number of hydrogen-bond acceptors (Lipinski definition) is 4. The van der Waals surface area contributed by atoms with Gasteiger partial charge < -0.3 is 11.1 Å². The molecule has 3 nitrogen and oxygen atoms in total. The molecule has 98 valence electrons. The van der Waals surface area contributed by atoms with Crippen molar-refractivity contribution < 1.29 is 0 Å². The highest BCUT2D eigenvalue weighted by atomic mass is 32.1. The van der Waals surface area contributed by atoms with Crippen molar-refractivity contribution in [2.45, 2.75) is 44.9 Å². The molecule has 0 radical (unpaired) electrons. The molecule has 0 amide bonds. The van der Waals surface area contributed by atoms with Crippen LogP contribution in [0, 0.1) is 0 Å². The molecule has 3 N–H and O–H groups in total. The summed E-state index contributed by atoms with van der Waals surface area (Å²) in [6, 6.07) is 0. The third kappa shape index (κ3) is 4.05. The Morgan fingerprint density at radius 3 is 2.76 bits per heavy atom. The molecule has 0 saturated carbocycles. The molecule has 1 rings (SSSR count). The van der Waals surface area contributed by atoms with E-state index < -0.39 is 0 Å². The Labute approximate surface area is 109 Å². The number of unbranched alkanes of at least 4 members (excludes halogenated alkanes) is 1. The van der Waals surface area contributed by atoms with Crippen molar-refractivity contribution in [2.75, 3.05) is 19.6 Å². The Kier molecular flexibility index (Phi) is 6.70. The summed E-state index contributed by atoms with van der Waals surface area (Å²) in [6.07, 6.45) is 6.52. The van der Waals surface area contributed by atoms with Gasteiger partial charge in [-0.15, -0.1) is 11.3 Å². The fraction of sp³-hybridized carbons (Fsp3) is 0.769. The molecular formula is C13H25N3S. The van der Waals surface area contributed by atoms with Crippen molar-refractivity contribution in [3.8, 4) is 0 Å². The van der Waals surface area contributed by atoms with Crippen LogP contribution < -0.4 is 11.1 Å². The Balaban J connectivity index is 2.48. The van der Waals surface area contributed by atoms with E-state index >= 15 is 0 Å². The fourth-order valence-corrected chi connectivity index (χ4v) is 2.96. The number of aromatic nitrogens is 1. The minimum atomic E-state index is 0.0768. The number of nitrogens with zero attached hydrogens (tertiary/aromatic N) is 1. The average molecular weight is 255 g/mol. The van der Waals surface area contributed by atoms with Crippen LogP contribution in [0.5, 0.6) is 0 Å². The van der Waals surface area contributed by atoms with Gasteiger partial charge in [-0.25, -0.2) is 4.98 Å². The van der Waals surface area contributed by atoms with Gasteiger partial charge in [-0.05, 0) is 32.4 Å². The summed E-state index contributed by atoms with van der Waals surface area (Å²) in [5, 5.41) is 6.73. The maximum absolute atomic E-state index is 5.99. The highest BCUT2D eigenvalue weighted by molar-refractivity contribution is 7.09. The van der Waals surface area contributed by atoms with Gasteiger partial charge in [0.2, 0.25) is 0 Å². The Hall–Kier alpha value is -0.450. The molecule has 1 unspecified atom stereocenters. The van der Waals surface area contributed by atoms with E-state index in [1.165, 1.54) is 17.8 Å². The van der Waals surface area contributed by atoms with Gasteiger partial charge in [-0.2, -0.15) is 0 Å². The third-order valence-corrected chi connectivity index (χ3v) is 4.46. The first kappa shape index (κ1) is 14.6. The highest BCUT2D eigenvalue weighted by Crippen LogP contribution is 2.31.